The Morgan fingerprint density at radius 2 is 1.94 bits per heavy atom. The monoisotopic (exact) mass is 705 g/mol. The largest absolute Gasteiger partial charge is 0.480 e. The predicted octanol–water partition coefficient (Wildman–Crippen LogP) is 3.69. The molecule has 4 atom stereocenters. The van der Waals surface area contributed by atoms with Gasteiger partial charge in [0.15, 0.2) is 11.4 Å². The van der Waals surface area contributed by atoms with Crippen molar-refractivity contribution in [3.8, 4) is 17.7 Å². The van der Waals surface area contributed by atoms with E-state index in [-0.39, 0.29) is 19.0 Å². The van der Waals surface area contributed by atoms with Crippen molar-refractivity contribution in [1.29, 1.82) is 0 Å². The van der Waals surface area contributed by atoms with Crippen molar-refractivity contribution in [3.63, 3.8) is 0 Å². The molecule has 52 heavy (non-hydrogen) atoms. The highest BCUT2D eigenvalue weighted by atomic mass is 16.6. The lowest BCUT2D eigenvalue weighted by atomic mass is 9.89. The van der Waals surface area contributed by atoms with E-state index < -0.39 is 29.1 Å². The fourth-order valence-electron chi connectivity index (χ4n) is 7.72. The van der Waals surface area contributed by atoms with Crippen LogP contribution in [-0.4, -0.2) is 106 Å². The summed E-state index contributed by atoms with van der Waals surface area (Å²) in [5.74, 6) is 6.78. The minimum absolute atomic E-state index is 0.0354. The number of morpholine rings is 1. The van der Waals surface area contributed by atoms with E-state index in [0.717, 1.165) is 17.5 Å². The highest BCUT2D eigenvalue weighted by Gasteiger charge is 2.50. The summed E-state index contributed by atoms with van der Waals surface area (Å²) >= 11 is 0. The van der Waals surface area contributed by atoms with Crippen molar-refractivity contribution in [2.24, 2.45) is 7.05 Å². The van der Waals surface area contributed by atoms with Crippen molar-refractivity contribution < 1.29 is 33.3 Å². The Kier molecular flexibility index (Phi) is 7.83. The first-order valence-electron chi connectivity index (χ1n) is 17.6. The second kappa shape index (κ2) is 12.5. The van der Waals surface area contributed by atoms with Gasteiger partial charge in [0, 0.05) is 50.0 Å². The molecule has 1 unspecified atom stereocenters. The second-order valence-electron chi connectivity index (χ2n) is 14.4. The lowest BCUT2D eigenvalue weighted by Gasteiger charge is -2.53. The van der Waals surface area contributed by atoms with E-state index in [2.05, 4.69) is 35.7 Å². The van der Waals surface area contributed by atoms with Gasteiger partial charge in [0.25, 0.3) is 0 Å². The molecular weight excluding hydrogens is 666 g/mol. The average molecular weight is 706 g/mol. The Labute approximate surface area is 299 Å². The summed E-state index contributed by atoms with van der Waals surface area (Å²) in [6.45, 7) is 7.68. The number of ether oxygens (including phenoxy) is 4. The molecular formula is C38H39N7O7. The number of furan rings is 1. The number of anilines is 2. The quantitative estimate of drug-likeness (QED) is 0.256. The van der Waals surface area contributed by atoms with Gasteiger partial charge in [-0.15, -0.1) is 0 Å². The van der Waals surface area contributed by atoms with Crippen LogP contribution in [0.1, 0.15) is 43.8 Å². The molecule has 4 aliphatic heterocycles. The van der Waals surface area contributed by atoms with Crippen molar-refractivity contribution in [1.82, 2.24) is 24.7 Å². The molecule has 8 heterocycles. The summed E-state index contributed by atoms with van der Waals surface area (Å²) in [6.07, 6.45) is 3.96. The van der Waals surface area contributed by atoms with Crippen LogP contribution in [-0.2, 0) is 31.5 Å². The molecule has 0 bridgehead atoms. The Bertz CT molecular complexity index is 2250. The highest BCUT2D eigenvalue weighted by molar-refractivity contribution is 6.06. The molecule has 1 aromatic carbocycles. The molecule has 1 N–H and O–H groups in total. The summed E-state index contributed by atoms with van der Waals surface area (Å²) in [6, 6.07) is 10.6. The second-order valence-corrected chi connectivity index (χ2v) is 14.4. The van der Waals surface area contributed by atoms with Crippen LogP contribution in [0.4, 0.5) is 11.5 Å². The number of rotatable bonds is 6. The number of benzene rings is 1. The first-order chi connectivity index (χ1) is 25.2. The molecule has 0 amide bonds. The fraction of sp³-hybridized carbons (Fsp3) is 0.447. The number of fused-ring (bicyclic) bond motifs is 3. The minimum Gasteiger partial charge on any atom is -0.480 e. The minimum atomic E-state index is -0.979. The summed E-state index contributed by atoms with van der Waals surface area (Å²) < 4.78 is 32.4. The Balaban J connectivity index is 1.09. The number of para-hydroxylation sites is 1. The van der Waals surface area contributed by atoms with Crippen LogP contribution >= 0.6 is 0 Å². The third-order valence-electron chi connectivity index (χ3n) is 10.9. The zero-order valence-corrected chi connectivity index (χ0v) is 29.2. The topological polar surface area (TPSA) is 150 Å². The Morgan fingerprint density at radius 3 is 2.69 bits per heavy atom. The van der Waals surface area contributed by atoms with Crippen LogP contribution in [0.15, 0.2) is 53.2 Å². The number of carboxylic acid groups (broad SMARTS) is 1. The maximum absolute atomic E-state index is 12.9. The van der Waals surface area contributed by atoms with Gasteiger partial charge in [-0.3, -0.25) is 4.68 Å². The summed E-state index contributed by atoms with van der Waals surface area (Å²) in [5, 5.41) is 15.8. The lowest BCUT2D eigenvalue weighted by molar-refractivity contribution is -0.228. The highest BCUT2D eigenvalue weighted by Crippen LogP contribution is 2.42. The Hall–Kier alpha value is -5.23. The number of hydrogen-bond donors (Lipinski definition) is 1. The molecule has 0 aliphatic carbocycles. The number of carboxylic acids is 1. The molecule has 4 saturated heterocycles. The molecule has 4 aromatic heterocycles. The number of aryl methyl sites for hydroxylation is 1. The number of hydrogen-bond acceptors (Lipinski definition) is 12. The number of carbonyl (C=O) groups is 1. The molecule has 4 fully saturated rings. The van der Waals surface area contributed by atoms with Gasteiger partial charge in [-0.25, -0.2) is 19.7 Å². The van der Waals surface area contributed by atoms with Gasteiger partial charge in [0.05, 0.1) is 44.4 Å². The van der Waals surface area contributed by atoms with E-state index >= 15 is 0 Å². The maximum atomic E-state index is 12.9. The van der Waals surface area contributed by atoms with E-state index in [0.29, 0.717) is 85.0 Å². The van der Waals surface area contributed by atoms with Crippen molar-refractivity contribution >= 4 is 39.5 Å². The summed E-state index contributed by atoms with van der Waals surface area (Å²) in [4.78, 5) is 31.8. The maximum Gasteiger partial charge on any atom is 0.326 e. The van der Waals surface area contributed by atoms with Crippen LogP contribution in [0.2, 0.25) is 0 Å². The van der Waals surface area contributed by atoms with Gasteiger partial charge in [0.1, 0.15) is 46.1 Å². The zero-order chi connectivity index (χ0) is 35.6. The SMILES string of the molecule is C[C@@H]1N(c2cc(C#Cc3ccn(C)n3)cnc2O[C@H]2C[C@@H](C(=O)O)N(c3nc(C4(C)CCOC4)nc4c3oc3ccccc34)C2)CCOC12COC2. The smallest absolute Gasteiger partial charge is 0.326 e. The van der Waals surface area contributed by atoms with E-state index in [1.165, 1.54) is 0 Å². The molecule has 0 saturated carbocycles. The standard InChI is InChI=1S/C38H39N7O7/c1-23-38(21-49-22-38)50-15-13-44(23)28-16-24(8-9-25-10-12-43(3)42-25)18-39-34(28)51-26-17-29(35(46)47)45(19-26)33-32-31(27-6-4-5-7-30(27)52-32)40-36(41-33)37(2)11-14-48-20-37/h4-7,10,12,16,18,23,26,29H,11,13-15,17,19-22H2,1-3H3,(H,46,47)/t23-,26-,29-,37?/m0/s1. The molecule has 9 rings (SSSR count). The lowest BCUT2D eigenvalue weighted by Crippen LogP contribution is -2.68. The third kappa shape index (κ3) is 5.51. The van der Waals surface area contributed by atoms with Crippen LogP contribution < -0.4 is 14.5 Å². The van der Waals surface area contributed by atoms with Gasteiger partial charge < -0.3 is 38.3 Å². The van der Waals surface area contributed by atoms with Gasteiger partial charge in [-0.1, -0.05) is 25.0 Å². The van der Waals surface area contributed by atoms with Crippen molar-refractivity contribution in [2.45, 2.75) is 55.9 Å². The van der Waals surface area contributed by atoms with Gasteiger partial charge in [-0.05, 0) is 43.5 Å². The third-order valence-corrected chi connectivity index (χ3v) is 10.9. The molecule has 5 aromatic rings. The van der Waals surface area contributed by atoms with Crippen LogP contribution in [0.25, 0.3) is 22.1 Å². The summed E-state index contributed by atoms with van der Waals surface area (Å²) in [5.41, 5.74) is 3.03. The molecule has 1 spiro atoms. The molecule has 0 radical (unpaired) electrons. The predicted molar refractivity (Wildman–Crippen MR) is 190 cm³/mol. The van der Waals surface area contributed by atoms with Gasteiger partial charge >= 0.3 is 5.97 Å². The van der Waals surface area contributed by atoms with Crippen LogP contribution in [0.5, 0.6) is 5.88 Å². The zero-order valence-electron chi connectivity index (χ0n) is 29.2. The van der Waals surface area contributed by atoms with Gasteiger partial charge in [0.2, 0.25) is 5.88 Å². The van der Waals surface area contributed by atoms with E-state index in [1.807, 2.05) is 49.6 Å². The number of nitrogens with zero attached hydrogens (tertiary/aromatic N) is 7. The molecule has 268 valence electrons. The molecule has 14 nitrogen and oxygen atoms in total. The number of aromatic nitrogens is 5. The fourth-order valence-corrected chi connectivity index (χ4v) is 7.72. The first-order valence-corrected chi connectivity index (χ1v) is 17.6. The summed E-state index contributed by atoms with van der Waals surface area (Å²) in [7, 11) is 1.85. The van der Waals surface area contributed by atoms with Crippen molar-refractivity contribution in [2.75, 3.05) is 55.9 Å². The first kappa shape index (κ1) is 32.7. The van der Waals surface area contributed by atoms with Crippen molar-refractivity contribution in [3.05, 3.63) is 65.9 Å². The van der Waals surface area contributed by atoms with Gasteiger partial charge in [-0.2, -0.15) is 5.10 Å². The normalized spacial score (nSPS) is 25.4. The average Bonchev–Trinajstić information content (AvgIpc) is 3.93. The Morgan fingerprint density at radius 1 is 1.08 bits per heavy atom. The molecule has 14 heteroatoms. The number of pyridine rings is 1. The van der Waals surface area contributed by atoms with E-state index in [4.69, 9.17) is 38.3 Å². The number of aliphatic carboxylic acids is 1. The van der Waals surface area contributed by atoms with E-state index in [1.54, 1.807) is 15.8 Å². The van der Waals surface area contributed by atoms with Crippen LogP contribution in [0.3, 0.4) is 0 Å². The molecule has 4 aliphatic rings. The van der Waals surface area contributed by atoms with E-state index in [9.17, 15) is 9.90 Å². The van der Waals surface area contributed by atoms with Crippen LogP contribution in [0, 0.1) is 11.8 Å².